The Kier molecular flexibility index (Phi) is 4.63. The number of nitrogens with one attached hydrogen (secondary N) is 1. The van der Waals surface area contributed by atoms with E-state index in [4.69, 9.17) is 9.47 Å². The van der Waals surface area contributed by atoms with Crippen LogP contribution in [-0.4, -0.2) is 19.2 Å². The number of ether oxygens (including phenoxy) is 2. The Morgan fingerprint density at radius 2 is 2.11 bits per heavy atom. The summed E-state index contributed by atoms with van der Waals surface area (Å²) in [5, 5.41) is 3.30. The van der Waals surface area contributed by atoms with Crippen LogP contribution in [0, 0.1) is 0 Å². The second-order valence-electron chi connectivity index (χ2n) is 3.91. The van der Waals surface area contributed by atoms with Crippen LogP contribution in [0.3, 0.4) is 0 Å². The summed E-state index contributed by atoms with van der Waals surface area (Å²) in [4.78, 5) is 4.06. The number of benzene rings is 1. The molecule has 1 aromatic heterocycles. The standard InChI is InChI=1S/C14H15BrN2O2/c1-18-13-7-10(6-12(15)14(13)19-2)8-17-11-4-3-5-16-9-11/h3-7,9,17H,8H2,1-2H3. The number of aromatic nitrogens is 1. The Bertz CT molecular complexity index is 547. The van der Waals surface area contributed by atoms with E-state index in [1.807, 2.05) is 24.3 Å². The molecule has 0 fully saturated rings. The summed E-state index contributed by atoms with van der Waals surface area (Å²) in [5.74, 6) is 1.41. The van der Waals surface area contributed by atoms with Gasteiger partial charge in [-0.1, -0.05) is 0 Å². The number of hydrogen-bond acceptors (Lipinski definition) is 4. The predicted octanol–water partition coefficient (Wildman–Crippen LogP) is 3.47. The minimum Gasteiger partial charge on any atom is -0.493 e. The molecule has 4 nitrogen and oxygen atoms in total. The molecule has 0 aliphatic carbocycles. The summed E-state index contributed by atoms with van der Waals surface area (Å²) < 4.78 is 11.5. The maximum Gasteiger partial charge on any atom is 0.174 e. The molecule has 1 aromatic carbocycles. The molecule has 1 N–H and O–H groups in total. The molecule has 5 heteroatoms. The van der Waals surface area contributed by atoms with Crippen LogP contribution in [0.4, 0.5) is 5.69 Å². The molecule has 0 aliphatic rings. The second kappa shape index (κ2) is 6.43. The fourth-order valence-electron chi connectivity index (χ4n) is 1.74. The van der Waals surface area contributed by atoms with Gasteiger partial charge in [-0.25, -0.2) is 0 Å². The third-order valence-corrected chi connectivity index (χ3v) is 3.24. The smallest absolute Gasteiger partial charge is 0.174 e. The first-order chi connectivity index (χ1) is 9.24. The van der Waals surface area contributed by atoms with Crippen molar-refractivity contribution in [3.8, 4) is 11.5 Å². The molecule has 0 bridgehead atoms. The van der Waals surface area contributed by atoms with E-state index in [-0.39, 0.29) is 0 Å². The van der Waals surface area contributed by atoms with Gasteiger partial charge in [0.05, 0.1) is 24.4 Å². The van der Waals surface area contributed by atoms with Crippen molar-refractivity contribution in [2.45, 2.75) is 6.54 Å². The van der Waals surface area contributed by atoms with Crippen molar-refractivity contribution in [1.29, 1.82) is 0 Å². The molecule has 100 valence electrons. The summed E-state index contributed by atoms with van der Waals surface area (Å²) in [6.07, 6.45) is 3.54. The maximum atomic E-state index is 5.31. The Labute approximate surface area is 120 Å². The molecule has 0 unspecified atom stereocenters. The van der Waals surface area contributed by atoms with E-state index in [0.717, 1.165) is 15.7 Å². The van der Waals surface area contributed by atoms with E-state index in [1.165, 1.54) is 0 Å². The van der Waals surface area contributed by atoms with Crippen molar-refractivity contribution >= 4 is 21.6 Å². The fourth-order valence-corrected chi connectivity index (χ4v) is 2.40. The highest BCUT2D eigenvalue weighted by molar-refractivity contribution is 9.10. The molecule has 19 heavy (non-hydrogen) atoms. The average molecular weight is 323 g/mol. The Morgan fingerprint density at radius 3 is 2.74 bits per heavy atom. The van der Waals surface area contributed by atoms with E-state index in [1.54, 1.807) is 26.6 Å². The van der Waals surface area contributed by atoms with Crippen LogP contribution in [0.25, 0.3) is 0 Å². The lowest BCUT2D eigenvalue weighted by Crippen LogP contribution is -2.01. The first kappa shape index (κ1) is 13.7. The monoisotopic (exact) mass is 322 g/mol. The van der Waals surface area contributed by atoms with Crippen LogP contribution in [0.1, 0.15) is 5.56 Å². The second-order valence-corrected chi connectivity index (χ2v) is 4.76. The minimum atomic E-state index is 0.685. The van der Waals surface area contributed by atoms with Gasteiger partial charge in [-0.2, -0.15) is 0 Å². The number of anilines is 1. The zero-order valence-corrected chi connectivity index (χ0v) is 12.4. The van der Waals surface area contributed by atoms with Crippen molar-refractivity contribution in [3.63, 3.8) is 0 Å². The van der Waals surface area contributed by atoms with E-state index in [0.29, 0.717) is 18.0 Å². The number of nitrogens with zero attached hydrogens (tertiary/aromatic N) is 1. The van der Waals surface area contributed by atoms with Gasteiger partial charge in [-0.3, -0.25) is 4.98 Å². The fraction of sp³-hybridized carbons (Fsp3) is 0.214. The third kappa shape index (κ3) is 3.38. The molecule has 0 spiro atoms. The van der Waals surface area contributed by atoms with Gasteiger partial charge in [0.1, 0.15) is 0 Å². The first-order valence-electron chi connectivity index (χ1n) is 5.79. The molecule has 0 amide bonds. The van der Waals surface area contributed by atoms with E-state index in [9.17, 15) is 0 Å². The van der Waals surface area contributed by atoms with Gasteiger partial charge in [0.2, 0.25) is 0 Å². The van der Waals surface area contributed by atoms with E-state index < -0.39 is 0 Å². The molecule has 2 aromatic rings. The van der Waals surface area contributed by atoms with Gasteiger partial charge in [-0.15, -0.1) is 0 Å². The number of pyridine rings is 1. The third-order valence-electron chi connectivity index (χ3n) is 2.65. The minimum absolute atomic E-state index is 0.685. The van der Waals surface area contributed by atoms with Crippen molar-refractivity contribution in [2.24, 2.45) is 0 Å². The zero-order valence-electron chi connectivity index (χ0n) is 10.8. The van der Waals surface area contributed by atoms with E-state index in [2.05, 4.69) is 26.2 Å². The zero-order chi connectivity index (χ0) is 13.7. The molecule has 0 saturated heterocycles. The van der Waals surface area contributed by atoms with Crippen LogP contribution >= 0.6 is 15.9 Å². The first-order valence-corrected chi connectivity index (χ1v) is 6.58. The predicted molar refractivity (Wildman–Crippen MR) is 78.8 cm³/mol. The highest BCUT2D eigenvalue weighted by Gasteiger charge is 2.10. The Balaban J connectivity index is 2.15. The summed E-state index contributed by atoms with van der Waals surface area (Å²) in [6.45, 7) is 0.685. The van der Waals surface area contributed by atoms with Gasteiger partial charge in [0.25, 0.3) is 0 Å². The van der Waals surface area contributed by atoms with Crippen molar-refractivity contribution < 1.29 is 9.47 Å². The molecule has 0 saturated carbocycles. The van der Waals surface area contributed by atoms with Gasteiger partial charge in [0.15, 0.2) is 11.5 Å². The quantitative estimate of drug-likeness (QED) is 0.915. The lowest BCUT2D eigenvalue weighted by atomic mass is 10.2. The Morgan fingerprint density at radius 1 is 1.26 bits per heavy atom. The van der Waals surface area contributed by atoms with Crippen molar-refractivity contribution in [2.75, 3.05) is 19.5 Å². The van der Waals surface area contributed by atoms with Gasteiger partial charge in [0, 0.05) is 18.9 Å². The van der Waals surface area contributed by atoms with Gasteiger partial charge < -0.3 is 14.8 Å². The summed E-state index contributed by atoms with van der Waals surface area (Å²) in [7, 11) is 3.25. The normalized spacial score (nSPS) is 10.1. The largest absolute Gasteiger partial charge is 0.493 e. The highest BCUT2D eigenvalue weighted by atomic mass is 79.9. The summed E-state index contributed by atoms with van der Waals surface area (Å²) in [5.41, 5.74) is 2.07. The van der Waals surface area contributed by atoms with Gasteiger partial charge >= 0.3 is 0 Å². The lowest BCUT2D eigenvalue weighted by molar-refractivity contribution is 0.352. The maximum absolute atomic E-state index is 5.31. The molecule has 0 atom stereocenters. The molecule has 1 heterocycles. The van der Waals surface area contributed by atoms with Crippen molar-refractivity contribution in [1.82, 2.24) is 4.98 Å². The SMILES string of the molecule is COc1cc(CNc2cccnc2)cc(Br)c1OC. The number of hydrogen-bond donors (Lipinski definition) is 1. The van der Waals surface area contributed by atoms with Crippen LogP contribution in [0.5, 0.6) is 11.5 Å². The number of methoxy groups -OCH3 is 2. The van der Waals surface area contributed by atoms with Crippen LogP contribution in [-0.2, 0) is 6.54 Å². The molecular weight excluding hydrogens is 308 g/mol. The van der Waals surface area contributed by atoms with Gasteiger partial charge in [-0.05, 0) is 45.8 Å². The number of rotatable bonds is 5. The topological polar surface area (TPSA) is 43.4 Å². The van der Waals surface area contributed by atoms with E-state index >= 15 is 0 Å². The van der Waals surface area contributed by atoms with Crippen LogP contribution < -0.4 is 14.8 Å². The highest BCUT2D eigenvalue weighted by Crippen LogP contribution is 2.36. The summed E-state index contributed by atoms with van der Waals surface area (Å²) in [6, 6.07) is 7.83. The molecule has 2 rings (SSSR count). The Hall–Kier alpha value is -1.75. The molecule has 0 radical (unpaired) electrons. The summed E-state index contributed by atoms with van der Waals surface area (Å²) >= 11 is 3.48. The number of halogens is 1. The molecular formula is C14H15BrN2O2. The van der Waals surface area contributed by atoms with Crippen molar-refractivity contribution in [3.05, 3.63) is 46.7 Å². The average Bonchev–Trinajstić information content (AvgIpc) is 2.45. The van der Waals surface area contributed by atoms with Crippen LogP contribution in [0.2, 0.25) is 0 Å². The lowest BCUT2D eigenvalue weighted by Gasteiger charge is -2.12. The van der Waals surface area contributed by atoms with Crippen LogP contribution in [0.15, 0.2) is 41.1 Å². The molecule has 0 aliphatic heterocycles.